The van der Waals surface area contributed by atoms with Crippen LogP contribution in [-0.4, -0.2) is 45.7 Å². The summed E-state index contributed by atoms with van der Waals surface area (Å²) in [6, 6.07) is 15.5. The van der Waals surface area contributed by atoms with Crippen molar-refractivity contribution < 1.29 is 42.1 Å². The minimum atomic E-state index is -0.871. The zero-order valence-electron chi connectivity index (χ0n) is 22.3. The predicted octanol–water partition coefficient (Wildman–Crippen LogP) is 6.37. The summed E-state index contributed by atoms with van der Waals surface area (Å²) in [5.41, 5.74) is 1.65. The van der Waals surface area contributed by atoms with Crippen LogP contribution < -0.4 is 0 Å². The van der Waals surface area contributed by atoms with Gasteiger partial charge in [0.15, 0.2) is 34.7 Å². The average Bonchev–Trinajstić information content (AvgIpc) is 3.83. The average molecular weight is 612 g/mol. The maximum Gasteiger partial charge on any atom is 0.258 e. The van der Waals surface area contributed by atoms with Gasteiger partial charge in [-0.05, 0) is 72.8 Å². The summed E-state index contributed by atoms with van der Waals surface area (Å²) in [7, 11) is 0. The molecule has 4 aromatic carbocycles. The molecule has 0 spiro atoms. The van der Waals surface area contributed by atoms with Crippen LogP contribution in [0.4, 0.5) is 13.2 Å². The molecule has 0 saturated heterocycles. The third kappa shape index (κ3) is 5.18. The monoisotopic (exact) mass is 612 g/mol. The van der Waals surface area contributed by atoms with E-state index in [1.165, 1.54) is 18.2 Å². The number of hydrogen-bond acceptors (Lipinski definition) is 12. The fourth-order valence-corrected chi connectivity index (χ4v) is 4.31. The molecule has 0 fully saturated rings. The second kappa shape index (κ2) is 10.6. The van der Waals surface area contributed by atoms with E-state index in [0.717, 1.165) is 36.4 Å². The van der Waals surface area contributed by atoms with E-state index in [4.69, 9.17) is 13.6 Å². The van der Waals surface area contributed by atoms with Gasteiger partial charge in [-0.15, -0.1) is 0 Å². The van der Waals surface area contributed by atoms with Gasteiger partial charge in [-0.2, -0.15) is 15.0 Å². The summed E-state index contributed by atoms with van der Waals surface area (Å²) in [4.78, 5) is 13.0. The molecule has 0 bridgehead atoms. The Hall–Kier alpha value is -6.51. The third-order valence-corrected chi connectivity index (χ3v) is 6.57. The number of aromatic nitrogens is 6. The van der Waals surface area contributed by atoms with E-state index in [9.17, 15) is 28.5 Å². The number of nitrogens with zero attached hydrogens (tertiary/aromatic N) is 6. The quantitative estimate of drug-likeness (QED) is 0.189. The van der Waals surface area contributed by atoms with Crippen molar-refractivity contribution in [2.24, 2.45) is 0 Å². The lowest BCUT2D eigenvalue weighted by Crippen LogP contribution is -1.88. The van der Waals surface area contributed by atoms with E-state index in [2.05, 4.69) is 30.4 Å². The molecular weight excluding hydrogens is 597 g/mol. The molecule has 3 N–H and O–H groups in total. The maximum absolute atomic E-state index is 14.0. The Morgan fingerprint density at radius 3 is 0.956 bits per heavy atom. The molecule has 0 atom stereocenters. The number of hydrogen-bond donors (Lipinski definition) is 3. The van der Waals surface area contributed by atoms with Gasteiger partial charge in [0, 0.05) is 33.4 Å². The summed E-state index contributed by atoms with van der Waals surface area (Å²) in [5, 5.41) is 40.3. The summed E-state index contributed by atoms with van der Waals surface area (Å²) in [6.45, 7) is 0. The molecule has 0 aliphatic heterocycles. The van der Waals surface area contributed by atoms with Gasteiger partial charge in [-0.3, -0.25) is 0 Å². The normalized spacial score (nSPS) is 11.3. The van der Waals surface area contributed by atoms with Crippen LogP contribution in [0.1, 0.15) is 0 Å². The first-order valence-electron chi connectivity index (χ1n) is 12.9. The Morgan fingerprint density at radius 2 is 0.689 bits per heavy atom. The van der Waals surface area contributed by atoms with E-state index in [0.29, 0.717) is 16.7 Å². The Kier molecular flexibility index (Phi) is 6.46. The van der Waals surface area contributed by atoms with Gasteiger partial charge in [0.25, 0.3) is 17.7 Å². The standard InChI is InChI=1S/C30H15F3N6O6/c31-19-10-13(1-4-22(19)40)25-34-28(43-37-25)16-7-17(29-35-26(38-44-29)14-2-5-23(41)20(32)11-14)9-18(8-16)30-36-27(39-45-30)15-3-6-24(42)21(33)12-15/h1-12,40-42H. The number of halogens is 3. The smallest absolute Gasteiger partial charge is 0.258 e. The number of aromatic hydroxyl groups is 3. The summed E-state index contributed by atoms with van der Waals surface area (Å²) in [5.74, 6) is -4.18. The van der Waals surface area contributed by atoms with E-state index < -0.39 is 34.7 Å². The minimum absolute atomic E-state index is 0.0118. The zero-order chi connectivity index (χ0) is 31.2. The largest absolute Gasteiger partial charge is 0.505 e. The van der Waals surface area contributed by atoms with Crippen molar-refractivity contribution in [2.75, 3.05) is 0 Å². The Labute approximate surface area is 248 Å². The molecule has 7 rings (SSSR count). The van der Waals surface area contributed by atoms with Crippen molar-refractivity contribution >= 4 is 0 Å². The minimum Gasteiger partial charge on any atom is -0.505 e. The fourth-order valence-electron chi connectivity index (χ4n) is 4.31. The maximum atomic E-state index is 14.0. The van der Waals surface area contributed by atoms with Gasteiger partial charge in [0.05, 0.1) is 0 Å². The number of rotatable bonds is 6. The van der Waals surface area contributed by atoms with Crippen LogP contribution in [0.2, 0.25) is 0 Å². The van der Waals surface area contributed by atoms with E-state index in [1.807, 2.05) is 0 Å². The highest BCUT2D eigenvalue weighted by Gasteiger charge is 2.21. The number of phenolic OH excluding ortho intramolecular Hbond substituents is 3. The molecule has 15 heteroatoms. The highest BCUT2D eigenvalue weighted by atomic mass is 19.1. The Bertz CT molecular complexity index is 1970. The van der Waals surface area contributed by atoms with Crippen LogP contribution in [0.25, 0.3) is 68.5 Å². The van der Waals surface area contributed by atoms with E-state index >= 15 is 0 Å². The molecule has 0 aliphatic rings. The summed E-state index contributed by atoms with van der Waals surface area (Å²) >= 11 is 0. The van der Waals surface area contributed by atoms with Crippen LogP contribution in [0.3, 0.4) is 0 Å². The van der Waals surface area contributed by atoms with Gasteiger partial charge in [-0.1, -0.05) is 15.5 Å². The van der Waals surface area contributed by atoms with Crippen LogP contribution in [-0.2, 0) is 0 Å². The summed E-state index contributed by atoms with van der Waals surface area (Å²) in [6.07, 6.45) is 0. The molecule has 0 radical (unpaired) electrons. The van der Waals surface area contributed by atoms with Crippen molar-refractivity contribution in [2.45, 2.75) is 0 Å². The van der Waals surface area contributed by atoms with Crippen molar-refractivity contribution in [3.05, 3.63) is 90.2 Å². The fraction of sp³-hybridized carbons (Fsp3) is 0. The molecule has 7 aromatic rings. The number of benzene rings is 4. The third-order valence-electron chi connectivity index (χ3n) is 6.57. The molecule has 3 heterocycles. The molecule has 12 nitrogen and oxygen atoms in total. The lowest BCUT2D eigenvalue weighted by atomic mass is 10.0. The van der Waals surface area contributed by atoms with Gasteiger partial charge in [0.1, 0.15) is 0 Å². The molecular formula is C30H15F3N6O6. The van der Waals surface area contributed by atoms with E-state index in [-0.39, 0.29) is 51.8 Å². The van der Waals surface area contributed by atoms with Crippen LogP contribution in [0.5, 0.6) is 17.2 Å². The predicted molar refractivity (Wildman–Crippen MR) is 147 cm³/mol. The molecule has 0 unspecified atom stereocenters. The van der Waals surface area contributed by atoms with Crippen LogP contribution in [0, 0.1) is 17.5 Å². The summed E-state index contributed by atoms with van der Waals surface area (Å²) < 4.78 is 58.2. The molecule has 0 aliphatic carbocycles. The first kappa shape index (κ1) is 27.3. The van der Waals surface area contributed by atoms with Crippen molar-refractivity contribution in [3.63, 3.8) is 0 Å². The first-order valence-corrected chi connectivity index (χ1v) is 12.9. The van der Waals surface area contributed by atoms with Gasteiger partial charge < -0.3 is 28.9 Å². The van der Waals surface area contributed by atoms with Crippen molar-refractivity contribution in [1.82, 2.24) is 30.4 Å². The van der Waals surface area contributed by atoms with Crippen molar-refractivity contribution in [3.8, 4) is 85.8 Å². The Morgan fingerprint density at radius 1 is 0.400 bits per heavy atom. The molecule has 3 aromatic heterocycles. The highest BCUT2D eigenvalue weighted by molar-refractivity contribution is 5.75. The molecule has 45 heavy (non-hydrogen) atoms. The van der Waals surface area contributed by atoms with Crippen LogP contribution in [0.15, 0.2) is 86.4 Å². The lowest BCUT2D eigenvalue weighted by molar-refractivity contribution is 0.428. The molecule has 222 valence electrons. The highest BCUT2D eigenvalue weighted by Crippen LogP contribution is 2.34. The topological polar surface area (TPSA) is 177 Å². The number of phenols is 3. The lowest BCUT2D eigenvalue weighted by Gasteiger charge is -2.03. The van der Waals surface area contributed by atoms with Crippen LogP contribution >= 0.6 is 0 Å². The second-order valence-electron chi connectivity index (χ2n) is 9.57. The molecule has 0 amide bonds. The van der Waals surface area contributed by atoms with Gasteiger partial charge in [0.2, 0.25) is 17.5 Å². The van der Waals surface area contributed by atoms with Gasteiger partial charge >= 0.3 is 0 Å². The van der Waals surface area contributed by atoms with E-state index in [1.54, 1.807) is 18.2 Å². The van der Waals surface area contributed by atoms with Gasteiger partial charge in [-0.25, -0.2) is 13.2 Å². The SMILES string of the molecule is Oc1ccc(-c2noc(-c3cc(-c4nc(-c5ccc(O)c(F)c5)no4)cc(-c4nc(-c5ccc(O)c(F)c5)no4)c3)n2)cc1F. The first-order chi connectivity index (χ1) is 21.7. The Balaban J connectivity index is 1.32. The second-order valence-corrected chi connectivity index (χ2v) is 9.57. The zero-order valence-corrected chi connectivity index (χ0v) is 22.3. The van der Waals surface area contributed by atoms with Crippen molar-refractivity contribution in [1.29, 1.82) is 0 Å². The molecule has 0 saturated carbocycles.